The van der Waals surface area contributed by atoms with Crippen molar-refractivity contribution < 1.29 is 4.79 Å². The van der Waals surface area contributed by atoms with Gasteiger partial charge in [-0.15, -0.1) is 0 Å². The van der Waals surface area contributed by atoms with Crippen LogP contribution in [0.25, 0.3) is 0 Å². The van der Waals surface area contributed by atoms with Crippen molar-refractivity contribution in [2.24, 2.45) is 11.8 Å². The first-order chi connectivity index (χ1) is 6.59. The van der Waals surface area contributed by atoms with E-state index in [2.05, 4.69) is 6.92 Å². The molecule has 2 rings (SSSR count). The number of rotatable bonds is 2. The molecule has 0 amide bonds. The van der Waals surface area contributed by atoms with Crippen molar-refractivity contribution in [1.82, 2.24) is 0 Å². The van der Waals surface area contributed by atoms with Crippen LogP contribution in [0.1, 0.15) is 23.7 Å². The molecule has 0 aromatic heterocycles. The molecule has 0 heterocycles. The number of ketones is 1. The summed E-state index contributed by atoms with van der Waals surface area (Å²) in [7, 11) is 0. The van der Waals surface area contributed by atoms with Gasteiger partial charge in [-0.2, -0.15) is 0 Å². The van der Waals surface area contributed by atoms with E-state index in [-0.39, 0.29) is 11.7 Å². The fourth-order valence-electron chi connectivity index (χ4n) is 1.55. The number of hydrogen-bond donors (Lipinski definition) is 0. The molecule has 74 valence electrons. The Balaban J connectivity index is 2.24. The van der Waals surface area contributed by atoms with Gasteiger partial charge in [0.2, 0.25) is 0 Å². The third-order valence-electron chi connectivity index (χ3n) is 2.65. The Morgan fingerprint density at radius 1 is 1.36 bits per heavy atom. The highest BCUT2D eigenvalue weighted by Crippen LogP contribution is 2.40. The van der Waals surface area contributed by atoms with E-state index in [1.807, 2.05) is 0 Å². The Morgan fingerprint density at radius 3 is 2.50 bits per heavy atom. The van der Waals surface area contributed by atoms with E-state index in [1.165, 1.54) is 0 Å². The van der Waals surface area contributed by atoms with Gasteiger partial charge >= 0.3 is 0 Å². The molecule has 1 aromatic rings. The maximum Gasteiger partial charge on any atom is 0.166 e. The van der Waals surface area contributed by atoms with E-state index in [0.717, 1.165) is 6.42 Å². The lowest BCUT2D eigenvalue weighted by atomic mass is 10.1. The van der Waals surface area contributed by atoms with Crippen LogP contribution in [0.4, 0.5) is 0 Å². The highest BCUT2D eigenvalue weighted by atomic mass is 35.5. The number of benzene rings is 1. The lowest BCUT2D eigenvalue weighted by Gasteiger charge is -2.01. The van der Waals surface area contributed by atoms with Gasteiger partial charge in [-0.25, -0.2) is 0 Å². The van der Waals surface area contributed by atoms with E-state index in [4.69, 9.17) is 23.2 Å². The van der Waals surface area contributed by atoms with Crippen molar-refractivity contribution in [3.8, 4) is 0 Å². The van der Waals surface area contributed by atoms with Gasteiger partial charge in [0, 0.05) is 11.5 Å². The monoisotopic (exact) mass is 228 g/mol. The van der Waals surface area contributed by atoms with Crippen LogP contribution in [0.3, 0.4) is 0 Å². The third-order valence-corrected chi connectivity index (χ3v) is 3.39. The summed E-state index contributed by atoms with van der Waals surface area (Å²) in [6, 6.07) is 5.06. The molecule has 0 bridgehead atoms. The second-order valence-electron chi connectivity index (χ2n) is 3.81. The van der Waals surface area contributed by atoms with Crippen LogP contribution in [0.15, 0.2) is 18.2 Å². The van der Waals surface area contributed by atoms with Gasteiger partial charge in [-0.05, 0) is 30.5 Å². The molecular formula is C11H10Cl2O. The molecular weight excluding hydrogens is 219 g/mol. The fourth-order valence-corrected chi connectivity index (χ4v) is 1.85. The Morgan fingerprint density at radius 2 is 2.00 bits per heavy atom. The maximum atomic E-state index is 11.8. The highest BCUT2D eigenvalue weighted by Gasteiger charge is 2.39. The van der Waals surface area contributed by atoms with Crippen LogP contribution in [-0.2, 0) is 0 Å². The number of carbonyl (C=O) groups is 1. The zero-order valence-electron chi connectivity index (χ0n) is 7.76. The molecule has 1 aliphatic rings. The fraction of sp³-hybridized carbons (Fsp3) is 0.364. The van der Waals surface area contributed by atoms with E-state index in [0.29, 0.717) is 21.5 Å². The number of Topliss-reactive ketones (excluding diaryl/α,β-unsaturated/α-hetero) is 1. The second-order valence-corrected chi connectivity index (χ2v) is 4.63. The molecule has 1 nitrogen and oxygen atoms in total. The molecule has 0 unspecified atom stereocenters. The van der Waals surface area contributed by atoms with Crippen molar-refractivity contribution in [2.45, 2.75) is 13.3 Å². The molecule has 0 radical (unpaired) electrons. The lowest BCUT2D eigenvalue weighted by molar-refractivity contribution is 0.0962. The first-order valence-electron chi connectivity index (χ1n) is 4.59. The van der Waals surface area contributed by atoms with E-state index in [1.54, 1.807) is 18.2 Å². The Kier molecular flexibility index (Phi) is 2.54. The molecule has 14 heavy (non-hydrogen) atoms. The van der Waals surface area contributed by atoms with Crippen LogP contribution in [0.5, 0.6) is 0 Å². The van der Waals surface area contributed by atoms with Crippen LogP contribution in [-0.4, -0.2) is 5.78 Å². The van der Waals surface area contributed by atoms with Crippen LogP contribution in [0, 0.1) is 11.8 Å². The Hall–Kier alpha value is -0.530. The summed E-state index contributed by atoms with van der Waals surface area (Å²) >= 11 is 11.6. The van der Waals surface area contributed by atoms with Crippen molar-refractivity contribution >= 4 is 29.0 Å². The van der Waals surface area contributed by atoms with Crippen molar-refractivity contribution in [1.29, 1.82) is 0 Å². The van der Waals surface area contributed by atoms with Gasteiger partial charge < -0.3 is 0 Å². The summed E-state index contributed by atoms with van der Waals surface area (Å²) in [6.07, 6.45) is 0.999. The van der Waals surface area contributed by atoms with Gasteiger partial charge in [0.25, 0.3) is 0 Å². The van der Waals surface area contributed by atoms with Crippen molar-refractivity contribution in [3.05, 3.63) is 33.8 Å². The average molecular weight is 229 g/mol. The van der Waals surface area contributed by atoms with Crippen molar-refractivity contribution in [2.75, 3.05) is 0 Å². The topological polar surface area (TPSA) is 17.1 Å². The van der Waals surface area contributed by atoms with Crippen LogP contribution < -0.4 is 0 Å². The lowest BCUT2D eigenvalue weighted by Crippen LogP contribution is -2.02. The standard InChI is InChI=1S/C11H10Cl2O/c1-6-4-8(6)11(14)7-2-3-9(12)10(13)5-7/h2-3,5-6,8H,4H2,1H3/t6-,8+/m1/s1. The molecule has 1 aromatic carbocycles. The van der Waals surface area contributed by atoms with Crippen molar-refractivity contribution in [3.63, 3.8) is 0 Å². The zero-order valence-corrected chi connectivity index (χ0v) is 9.27. The molecule has 0 saturated heterocycles. The van der Waals surface area contributed by atoms with Gasteiger partial charge in [0.05, 0.1) is 10.0 Å². The molecule has 1 aliphatic carbocycles. The molecule has 1 saturated carbocycles. The molecule has 0 spiro atoms. The molecule has 3 heteroatoms. The second kappa shape index (κ2) is 3.56. The summed E-state index contributed by atoms with van der Waals surface area (Å²) in [5.41, 5.74) is 0.675. The summed E-state index contributed by atoms with van der Waals surface area (Å²) in [4.78, 5) is 11.8. The average Bonchev–Trinajstić information content (AvgIpc) is 2.86. The Labute approximate surface area is 93.0 Å². The minimum atomic E-state index is 0.191. The molecule has 0 aliphatic heterocycles. The molecule has 2 atom stereocenters. The smallest absolute Gasteiger partial charge is 0.166 e. The summed E-state index contributed by atoms with van der Waals surface area (Å²) < 4.78 is 0. The minimum Gasteiger partial charge on any atom is -0.294 e. The number of carbonyl (C=O) groups excluding carboxylic acids is 1. The van der Waals surface area contributed by atoms with Crippen LogP contribution in [0.2, 0.25) is 10.0 Å². The van der Waals surface area contributed by atoms with Crippen LogP contribution >= 0.6 is 23.2 Å². The van der Waals surface area contributed by atoms with E-state index < -0.39 is 0 Å². The SMILES string of the molecule is C[C@@H]1C[C@@H]1C(=O)c1ccc(Cl)c(Cl)c1. The number of halogens is 2. The summed E-state index contributed by atoms with van der Waals surface area (Å²) in [5.74, 6) is 0.917. The first-order valence-corrected chi connectivity index (χ1v) is 5.34. The van der Waals surface area contributed by atoms with Gasteiger partial charge in [0.15, 0.2) is 5.78 Å². The maximum absolute atomic E-state index is 11.8. The number of hydrogen-bond acceptors (Lipinski definition) is 1. The Bertz CT molecular complexity index is 387. The quantitative estimate of drug-likeness (QED) is 0.704. The molecule has 1 fully saturated rings. The summed E-state index contributed by atoms with van der Waals surface area (Å²) in [6.45, 7) is 2.08. The largest absolute Gasteiger partial charge is 0.294 e. The predicted octanol–water partition coefficient (Wildman–Crippen LogP) is 3.83. The van der Waals surface area contributed by atoms with E-state index in [9.17, 15) is 4.79 Å². The third kappa shape index (κ3) is 1.79. The van der Waals surface area contributed by atoms with Gasteiger partial charge in [0.1, 0.15) is 0 Å². The first kappa shape index (κ1) is 10.0. The normalized spacial score (nSPS) is 24.8. The zero-order chi connectivity index (χ0) is 10.3. The van der Waals surface area contributed by atoms with Gasteiger partial charge in [-0.3, -0.25) is 4.79 Å². The van der Waals surface area contributed by atoms with E-state index >= 15 is 0 Å². The summed E-state index contributed by atoms with van der Waals surface area (Å²) in [5, 5.41) is 0.942. The predicted molar refractivity (Wildman–Crippen MR) is 58.1 cm³/mol. The molecule has 0 N–H and O–H groups in total. The minimum absolute atomic E-state index is 0.191. The highest BCUT2D eigenvalue weighted by molar-refractivity contribution is 6.42. The van der Waals surface area contributed by atoms with Gasteiger partial charge in [-0.1, -0.05) is 30.1 Å².